The van der Waals surface area contributed by atoms with Gasteiger partial charge in [-0.3, -0.25) is 0 Å². The molecule has 0 saturated carbocycles. The van der Waals surface area contributed by atoms with Gasteiger partial charge in [-0.15, -0.1) is 0 Å². The van der Waals surface area contributed by atoms with Crippen molar-refractivity contribution in [3.63, 3.8) is 0 Å². The first-order valence-corrected chi connectivity index (χ1v) is 7.72. The quantitative estimate of drug-likeness (QED) is 0.768. The Morgan fingerprint density at radius 3 is 2.50 bits per heavy atom. The number of aryl methyl sites for hydroxylation is 1. The lowest BCUT2D eigenvalue weighted by molar-refractivity contribution is 0.126. The Hall–Kier alpha value is -1.06. The molecule has 0 heterocycles. The van der Waals surface area contributed by atoms with Gasteiger partial charge >= 0.3 is 0 Å². The van der Waals surface area contributed by atoms with Gasteiger partial charge in [0.1, 0.15) is 5.75 Å². The highest BCUT2D eigenvalue weighted by atomic mass is 16.5. The molecule has 0 amide bonds. The molecule has 3 atom stereocenters. The molecular formula is C17H29NO2. The zero-order valence-corrected chi connectivity index (χ0v) is 13.2. The zero-order valence-electron chi connectivity index (χ0n) is 13.2. The Morgan fingerprint density at radius 1 is 1.25 bits per heavy atom. The summed E-state index contributed by atoms with van der Waals surface area (Å²) < 4.78 is 5.71. The second-order valence-electron chi connectivity index (χ2n) is 5.43. The van der Waals surface area contributed by atoms with Gasteiger partial charge in [-0.25, -0.2) is 0 Å². The minimum Gasteiger partial charge on any atom is -0.494 e. The molecule has 3 unspecified atom stereocenters. The minimum absolute atomic E-state index is 0.151. The molecule has 0 saturated heterocycles. The Bertz CT molecular complexity index is 406. The fraction of sp³-hybridized carbons (Fsp3) is 0.647. The number of aliphatic hydroxyl groups is 1. The number of nitrogens with two attached hydrogens (primary N) is 1. The lowest BCUT2D eigenvalue weighted by Crippen LogP contribution is -2.34. The van der Waals surface area contributed by atoms with Crippen LogP contribution in [-0.2, 0) is 6.42 Å². The van der Waals surface area contributed by atoms with E-state index in [4.69, 9.17) is 10.5 Å². The van der Waals surface area contributed by atoms with Crippen molar-refractivity contribution in [1.29, 1.82) is 0 Å². The molecular weight excluding hydrogens is 250 g/mol. The summed E-state index contributed by atoms with van der Waals surface area (Å²) in [5, 5.41) is 10.1. The summed E-state index contributed by atoms with van der Waals surface area (Å²) in [6, 6.07) is 6.19. The van der Waals surface area contributed by atoms with Gasteiger partial charge in [0.25, 0.3) is 0 Å². The number of hydrogen-bond acceptors (Lipinski definition) is 3. The van der Waals surface area contributed by atoms with Gasteiger partial charge in [-0.05, 0) is 49.3 Å². The minimum atomic E-state index is -0.463. The summed E-state index contributed by atoms with van der Waals surface area (Å²) in [6.45, 7) is 8.92. The summed E-state index contributed by atoms with van der Waals surface area (Å²) in [4.78, 5) is 0. The van der Waals surface area contributed by atoms with Gasteiger partial charge in [0.05, 0.1) is 12.7 Å². The molecule has 3 N–H and O–H groups in total. The standard InChI is InChI=1S/C17H29NO2/c1-5-13-8-9-17(20-7-3)14(11-13)12(4)10-16(19)15(18)6-2/h8-9,11-12,15-16,19H,5-7,10,18H2,1-4H3. The number of benzene rings is 1. The van der Waals surface area contributed by atoms with Gasteiger partial charge in [0, 0.05) is 6.04 Å². The summed E-state index contributed by atoms with van der Waals surface area (Å²) in [7, 11) is 0. The van der Waals surface area contributed by atoms with E-state index < -0.39 is 6.10 Å². The maximum Gasteiger partial charge on any atom is 0.122 e. The van der Waals surface area contributed by atoms with Gasteiger partial charge in [-0.2, -0.15) is 0 Å². The van der Waals surface area contributed by atoms with Gasteiger partial charge < -0.3 is 15.6 Å². The molecule has 0 aliphatic carbocycles. The fourth-order valence-electron chi connectivity index (χ4n) is 2.43. The van der Waals surface area contributed by atoms with E-state index in [9.17, 15) is 5.11 Å². The molecule has 3 nitrogen and oxygen atoms in total. The van der Waals surface area contributed by atoms with E-state index in [2.05, 4.69) is 26.0 Å². The third-order valence-corrected chi connectivity index (χ3v) is 3.87. The maximum absolute atomic E-state index is 10.1. The Labute approximate surface area is 123 Å². The van der Waals surface area contributed by atoms with E-state index in [0.29, 0.717) is 13.0 Å². The SMILES string of the molecule is CCOc1ccc(CC)cc1C(C)CC(O)C(N)CC. The van der Waals surface area contributed by atoms with Crippen LogP contribution < -0.4 is 10.5 Å². The van der Waals surface area contributed by atoms with Crippen molar-refractivity contribution in [2.24, 2.45) is 5.73 Å². The van der Waals surface area contributed by atoms with Crippen molar-refractivity contribution < 1.29 is 9.84 Å². The molecule has 1 aromatic rings. The predicted octanol–water partition coefficient (Wildman–Crippen LogP) is 3.24. The smallest absolute Gasteiger partial charge is 0.122 e. The predicted molar refractivity (Wildman–Crippen MR) is 84.3 cm³/mol. The number of aliphatic hydroxyl groups excluding tert-OH is 1. The van der Waals surface area contributed by atoms with E-state index in [1.807, 2.05) is 19.9 Å². The van der Waals surface area contributed by atoms with Crippen molar-refractivity contribution >= 4 is 0 Å². The number of hydrogen-bond donors (Lipinski definition) is 2. The molecule has 0 aromatic heterocycles. The summed E-state index contributed by atoms with van der Waals surface area (Å²) in [5.74, 6) is 1.16. The number of ether oxygens (including phenoxy) is 1. The molecule has 0 spiro atoms. The first-order valence-electron chi connectivity index (χ1n) is 7.72. The van der Waals surface area contributed by atoms with Crippen LogP contribution in [0.1, 0.15) is 57.6 Å². The average molecular weight is 279 g/mol. The average Bonchev–Trinajstić information content (AvgIpc) is 2.46. The first-order chi connectivity index (χ1) is 9.53. The molecule has 0 aliphatic rings. The van der Waals surface area contributed by atoms with Crippen molar-refractivity contribution in [2.45, 2.75) is 65.0 Å². The van der Waals surface area contributed by atoms with Crippen LogP contribution >= 0.6 is 0 Å². The summed E-state index contributed by atoms with van der Waals surface area (Å²) in [5.41, 5.74) is 8.38. The Morgan fingerprint density at radius 2 is 1.95 bits per heavy atom. The fourth-order valence-corrected chi connectivity index (χ4v) is 2.43. The molecule has 0 radical (unpaired) electrons. The molecule has 0 fully saturated rings. The lowest BCUT2D eigenvalue weighted by Gasteiger charge is -2.23. The summed E-state index contributed by atoms with van der Waals surface area (Å²) in [6.07, 6.45) is 2.00. The third-order valence-electron chi connectivity index (χ3n) is 3.87. The van der Waals surface area contributed by atoms with E-state index in [1.54, 1.807) is 0 Å². The molecule has 20 heavy (non-hydrogen) atoms. The Kier molecular flexibility index (Phi) is 7.03. The van der Waals surface area contributed by atoms with Crippen LogP contribution in [0.4, 0.5) is 0 Å². The molecule has 3 heteroatoms. The van der Waals surface area contributed by atoms with Gasteiger partial charge in [-0.1, -0.05) is 32.9 Å². The molecule has 1 rings (SSSR count). The highest BCUT2D eigenvalue weighted by Crippen LogP contribution is 2.31. The van der Waals surface area contributed by atoms with Crippen LogP contribution in [0.2, 0.25) is 0 Å². The van der Waals surface area contributed by atoms with Crippen LogP contribution in [-0.4, -0.2) is 23.9 Å². The van der Waals surface area contributed by atoms with Crippen molar-refractivity contribution in [1.82, 2.24) is 0 Å². The first kappa shape index (κ1) is 17.0. The highest BCUT2D eigenvalue weighted by Gasteiger charge is 2.20. The van der Waals surface area contributed by atoms with E-state index >= 15 is 0 Å². The molecule has 114 valence electrons. The van der Waals surface area contributed by atoms with Gasteiger partial charge in [0.2, 0.25) is 0 Å². The normalized spacial score (nSPS) is 15.7. The van der Waals surface area contributed by atoms with Crippen LogP contribution in [0, 0.1) is 0 Å². The lowest BCUT2D eigenvalue weighted by atomic mass is 9.90. The highest BCUT2D eigenvalue weighted by molar-refractivity contribution is 5.39. The monoisotopic (exact) mass is 279 g/mol. The largest absolute Gasteiger partial charge is 0.494 e. The van der Waals surface area contributed by atoms with Crippen LogP contribution in [0.5, 0.6) is 5.75 Å². The second kappa shape index (κ2) is 8.28. The molecule has 0 bridgehead atoms. The maximum atomic E-state index is 10.1. The molecule has 1 aromatic carbocycles. The van der Waals surface area contributed by atoms with E-state index in [0.717, 1.165) is 18.6 Å². The van der Waals surface area contributed by atoms with Crippen molar-refractivity contribution in [2.75, 3.05) is 6.61 Å². The van der Waals surface area contributed by atoms with Gasteiger partial charge in [0.15, 0.2) is 0 Å². The summed E-state index contributed by atoms with van der Waals surface area (Å²) >= 11 is 0. The Balaban J connectivity index is 2.91. The van der Waals surface area contributed by atoms with Crippen molar-refractivity contribution in [3.05, 3.63) is 29.3 Å². The van der Waals surface area contributed by atoms with Crippen LogP contribution in [0.3, 0.4) is 0 Å². The topological polar surface area (TPSA) is 55.5 Å². The van der Waals surface area contributed by atoms with Crippen LogP contribution in [0.15, 0.2) is 18.2 Å². The van der Waals surface area contributed by atoms with E-state index in [-0.39, 0.29) is 12.0 Å². The van der Waals surface area contributed by atoms with E-state index in [1.165, 1.54) is 11.1 Å². The third kappa shape index (κ3) is 4.50. The van der Waals surface area contributed by atoms with Crippen LogP contribution in [0.25, 0.3) is 0 Å². The second-order valence-corrected chi connectivity index (χ2v) is 5.43. The molecule has 0 aliphatic heterocycles. The van der Waals surface area contributed by atoms with Crippen molar-refractivity contribution in [3.8, 4) is 5.75 Å². The zero-order chi connectivity index (χ0) is 15.1. The number of rotatable bonds is 8.